The van der Waals surface area contributed by atoms with E-state index in [1.54, 1.807) is 0 Å². The highest BCUT2D eigenvalue weighted by Crippen LogP contribution is 2.51. The van der Waals surface area contributed by atoms with Crippen molar-refractivity contribution in [2.75, 3.05) is 0 Å². The topological polar surface area (TPSA) is 0 Å². The molecule has 0 bridgehead atoms. The highest BCUT2D eigenvalue weighted by Gasteiger charge is 2.28. The van der Waals surface area contributed by atoms with Gasteiger partial charge < -0.3 is 0 Å². The molecule has 0 fully saturated rings. The molecule has 216 valence electrons. The van der Waals surface area contributed by atoms with Crippen molar-refractivity contribution in [2.24, 2.45) is 0 Å². The van der Waals surface area contributed by atoms with E-state index in [0.29, 0.717) is 0 Å². The maximum atomic E-state index is 2.49. The van der Waals surface area contributed by atoms with E-state index in [-0.39, 0.29) is 0 Å². The Kier molecular flexibility index (Phi) is 7.07. The van der Waals surface area contributed by atoms with Gasteiger partial charge in [0.2, 0.25) is 0 Å². The first kappa shape index (κ1) is 28.0. The van der Waals surface area contributed by atoms with E-state index in [9.17, 15) is 0 Å². The van der Waals surface area contributed by atoms with E-state index < -0.39 is 0 Å². The summed E-state index contributed by atoms with van der Waals surface area (Å²) >= 11 is 7.69. The maximum Gasteiger partial charge on any atom is 0.0452 e. The van der Waals surface area contributed by atoms with Crippen LogP contribution in [0.15, 0.2) is 97.1 Å². The molecule has 0 saturated carbocycles. The largest absolute Gasteiger partial charge is 0.141 e. The van der Waals surface area contributed by atoms with Crippen molar-refractivity contribution in [3.8, 4) is 51.5 Å². The lowest BCUT2D eigenvalue weighted by atomic mass is 10.0. The van der Waals surface area contributed by atoms with Gasteiger partial charge in [-0.3, -0.25) is 0 Å². The second-order valence-corrected chi connectivity index (χ2v) is 16.7. The summed E-state index contributed by atoms with van der Waals surface area (Å²) in [4.78, 5) is 11.3. The van der Waals surface area contributed by atoms with Crippen molar-refractivity contribution >= 4 is 45.3 Å². The molecular weight excluding hydrogens is 609 g/mol. The summed E-state index contributed by atoms with van der Waals surface area (Å²) in [6.45, 7) is 8.63. The lowest BCUT2D eigenvalue weighted by Gasteiger charge is -2.06. The van der Waals surface area contributed by atoms with Crippen LogP contribution in [-0.4, -0.2) is 0 Å². The van der Waals surface area contributed by atoms with Crippen LogP contribution >= 0.6 is 45.3 Å². The van der Waals surface area contributed by atoms with E-state index >= 15 is 0 Å². The summed E-state index contributed by atoms with van der Waals surface area (Å²) in [7, 11) is 0. The fraction of sp³-hybridized carbons (Fsp3) is 0.150. The molecular formula is C40H32S4. The zero-order valence-corrected chi connectivity index (χ0v) is 28.6. The molecule has 2 aliphatic carbocycles. The van der Waals surface area contributed by atoms with Crippen LogP contribution in [0.3, 0.4) is 0 Å². The molecule has 4 heterocycles. The molecule has 0 atom stereocenters. The Hall–Kier alpha value is -3.54. The third-order valence-corrected chi connectivity index (χ3v) is 13.3. The van der Waals surface area contributed by atoms with E-state index in [0.717, 1.165) is 12.8 Å². The molecule has 0 N–H and O–H groups in total. The zero-order chi connectivity index (χ0) is 29.9. The summed E-state index contributed by atoms with van der Waals surface area (Å²) in [6, 6.07) is 36.3. The van der Waals surface area contributed by atoms with Gasteiger partial charge in [0.1, 0.15) is 0 Å². The first-order valence-corrected chi connectivity index (χ1v) is 18.3. The number of aryl methyl sites for hydroxylation is 4. The SMILES string of the molecule is Cc1ccc(-c2ccc(-c3cc4c(s3)-c3cc5c(cc3C4)-c3sc(C)cc3C5)s2)cc1.Cc1ccc(-c2ccc(C)s2)cc1. The third-order valence-electron chi connectivity index (χ3n) is 8.58. The Balaban J connectivity index is 0.000000187. The fourth-order valence-corrected chi connectivity index (χ4v) is 10.6. The number of benzene rings is 3. The van der Waals surface area contributed by atoms with Crippen LogP contribution in [0.25, 0.3) is 51.5 Å². The lowest BCUT2D eigenvalue weighted by Crippen LogP contribution is -1.86. The van der Waals surface area contributed by atoms with Crippen molar-refractivity contribution in [3.05, 3.63) is 140 Å². The van der Waals surface area contributed by atoms with Crippen molar-refractivity contribution in [1.29, 1.82) is 0 Å². The summed E-state index contributed by atoms with van der Waals surface area (Å²) in [6.07, 6.45) is 2.17. The maximum absolute atomic E-state index is 2.49. The Morgan fingerprint density at radius 2 is 0.909 bits per heavy atom. The molecule has 0 aliphatic heterocycles. The molecule has 0 amide bonds. The van der Waals surface area contributed by atoms with Crippen molar-refractivity contribution < 1.29 is 0 Å². The quantitative estimate of drug-likeness (QED) is 0.180. The van der Waals surface area contributed by atoms with Gasteiger partial charge in [0.25, 0.3) is 0 Å². The predicted octanol–water partition coefficient (Wildman–Crippen LogP) is 13.0. The third kappa shape index (κ3) is 5.14. The van der Waals surface area contributed by atoms with Crippen molar-refractivity contribution in [2.45, 2.75) is 40.5 Å². The molecule has 0 radical (unpaired) electrons. The fourth-order valence-electron chi connectivity index (χ4n) is 6.30. The summed E-state index contributed by atoms with van der Waals surface area (Å²) < 4.78 is 0. The van der Waals surface area contributed by atoms with Crippen LogP contribution in [0.2, 0.25) is 0 Å². The average Bonchev–Trinajstić information content (AvgIpc) is 3.85. The predicted molar refractivity (Wildman–Crippen MR) is 196 cm³/mol. The Morgan fingerprint density at radius 1 is 0.386 bits per heavy atom. The number of rotatable bonds is 3. The molecule has 0 unspecified atom stereocenters. The number of thiophene rings is 4. The molecule has 0 saturated heterocycles. The van der Waals surface area contributed by atoms with Crippen LogP contribution < -0.4 is 0 Å². The summed E-state index contributed by atoms with van der Waals surface area (Å²) in [5.41, 5.74) is 14.3. The van der Waals surface area contributed by atoms with Gasteiger partial charge >= 0.3 is 0 Å². The zero-order valence-electron chi connectivity index (χ0n) is 25.3. The van der Waals surface area contributed by atoms with Gasteiger partial charge in [-0.05, 0) is 134 Å². The van der Waals surface area contributed by atoms with Crippen molar-refractivity contribution in [3.63, 3.8) is 0 Å². The average molecular weight is 641 g/mol. The molecule has 7 aromatic rings. The highest BCUT2D eigenvalue weighted by molar-refractivity contribution is 7.25. The van der Waals surface area contributed by atoms with Gasteiger partial charge in [-0.1, -0.05) is 59.7 Å². The molecule has 2 aliphatic rings. The van der Waals surface area contributed by atoms with E-state index in [4.69, 9.17) is 0 Å². The first-order valence-electron chi connectivity index (χ1n) is 15.1. The minimum atomic E-state index is 1.07. The van der Waals surface area contributed by atoms with Gasteiger partial charge in [0, 0.05) is 39.0 Å². The van der Waals surface area contributed by atoms with Crippen LogP contribution in [0.1, 0.15) is 43.1 Å². The minimum Gasteiger partial charge on any atom is -0.141 e. The first-order chi connectivity index (χ1) is 21.4. The standard InChI is InChI=1S/C28H20S3.C12H12S/c1-15-3-5-17(6-4-15)24-7-8-25(30-24)26-14-21-11-19-12-22-18(13-23(19)28(21)31-26)10-20-9-16(2)29-27(20)22;1-9-3-6-11(7-4-9)12-8-5-10(2)13-12/h3-9,12-14H,10-11H2,1-2H3;3-8H,1-2H3. The summed E-state index contributed by atoms with van der Waals surface area (Å²) in [5, 5.41) is 0. The van der Waals surface area contributed by atoms with E-state index in [1.807, 2.05) is 45.3 Å². The molecule has 0 spiro atoms. The monoisotopic (exact) mass is 640 g/mol. The molecule has 3 aromatic carbocycles. The van der Waals surface area contributed by atoms with Crippen molar-refractivity contribution in [1.82, 2.24) is 0 Å². The number of fused-ring (bicyclic) bond motifs is 6. The Bertz CT molecular complexity index is 2140. The van der Waals surface area contributed by atoms with Gasteiger partial charge in [-0.15, -0.1) is 45.3 Å². The Labute approximate surface area is 276 Å². The van der Waals surface area contributed by atoms with E-state index in [1.165, 1.54) is 94.7 Å². The van der Waals surface area contributed by atoms with Gasteiger partial charge in [0.15, 0.2) is 0 Å². The molecule has 0 nitrogen and oxygen atoms in total. The molecule has 4 aromatic heterocycles. The Morgan fingerprint density at radius 3 is 1.50 bits per heavy atom. The molecule has 44 heavy (non-hydrogen) atoms. The second-order valence-electron chi connectivity index (χ2n) is 12.0. The second kappa shape index (κ2) is 11.1. The number of hydrogen-bond acceptors (Lipinski definition) is 4. The van der Waals surface area contributed by atoms with Gasteiger partial charge in [-0.2, -0.15) is 0 Å². The highest BCUT2D eigenvalue weighted by atomic mass is 32.1. The summed E-state index contributed by atoms with van der Waals surface area (Å²) in [5.74, 6) is 0. The van der Waals surface area contributed by atoms with Crippen LogP contribution in [0.5, 0.6) is 0 Å². The molecule has 9 rings (SSSR count). The van der Waals surface area contributed by atoms with Gasteiger partial charge in [-0.25, -0.2) is 0 Å². The van der Waals surface area contributed by atoms with Crippen LogP contribution in [0.4, 0.5) is 0 Å². The van der Waals surface area contributed by atoms with E-state index in [2.05, 4.69) is 125 Å². The molecule has 4 heteroatoms. The van der Waals surface area contributed by atoms with Gasteiger partial charge in [0.05, 0.1) is 0 Å². The minimum absolute atomic E-state index is 1.07. The normalized spacial score (nSPS) is 12.4. The smallest absolute Gasteiger partial charge is 0.0452 e. The van der Waals surface area contributed by atoms with Crippen LogP contribution in [0, 0.1) is 27.7 Å². The van der Waals surface area contributed by atoms with Crippen LogP contribution in [-0.2, 0) is 12.8 Å². The number of hydrogen-bond donors (Lipinski definition) is 0. The lowest BCUT2D eigenvalue weighted by molar-refractivity contribution is 1.24.